The molecule has 1 unspecified atom stereocenters. The largest absolute Gasteiger partial charge is 0.472 e. The summed E-state index contributed by atoms with van der Waals surface area (Å²) in [6, 6.07) is 2.50. The maximum absolute atomic E-state index is 5.04. The molecule has 0 saturated heterocycles. The van der Waals surface area contributed by atoms with E-state index in [2.05, 4.69) is 30.8 Å². The molecule has 1 atom stereocenters. The second kappa shape index (κ2) is 6.43. The Labute approximate surface area is 91.8 Å². The second-order valence-corrected chi connectivity index (χ2v) is 3.84. The van der Waals surface area contributed by atoms with Crippen molar-refractivity contribution in [3.05, 3.63) is 36.8 Å². The van der Waals surface area contributed by atoms with Crippen molar-refractivity contribution < 1.29 is 4.42 Å². The molecule has 0 radical (unpaired) electrons. The molecule has 0 aliphatic heterocycles. The lowest BCUT2D eigenvalue weighted by molar-refractivity contribution is 0.244. The van der Waals surface area contributed by atoms with E-state index in [1.54, 1.807) is 12.5 Å². The zero-order chi connectivity index (χ0) is 11.1. The first-order valence-corrected chi connectivity index (χ1v) is 5.27. The zero-order valence-electron chi connectivity index (χ0n) is 9.57. The van der Waals surface area contributed by atoms with E-state index in [9.17, 15) is 0 Å². The van der Waals surface area contributed by atoms with Gasteiger partial charge in [0.15, 0.2) is 0 Å². The summed E-state index contributed by atoms with van der Waals surface area (Å²) in [5.74, 6) is 0. The van der Waals surface area contributed by atoms with Crippen LogP contribution in [-0.4, -0.2) is 31.1 Å². The lowest BCUT2D eigenvalue weighted by atomic mass is 10.2. The lowest BCUT2D eigenvalue weighted by Crippen LogP contribution is -2.37. The number of nitrogens with zero attached hydrogens (tertiary/aromatic N) is 1. The molecular formula is C12H20N2O. The van der Waals surface area contributed by atoms with Crippen molar-refractivity contribution in [1.82, 2.24) is 10.2 Å². The van der Waals surface area contributed by atoms with E-state index in [0.717, 1.165) is 19.6 Å². The van der Waals surface area contributed by atoms with Gasteiger partial charge in [0.2, 0.25) is 0 Å². The molecule has 15 heavy (non-hydrogen) atoms. The highest BCUT2D eigenvalue weighted by Gasteiger charge is 2.09. The molecule has 3 heteroatoms. The molecule has 1 aromatic rings. The van der Waals surface area contributed by atoms with Crippen molar-refractivity contribution in [1.29, 1.82) is 0 Å². The van der Waals surface area contributed by atoms with Crippen molar-refractivity contribution in [3.63, 3.8) is 0 Å². The summed E-state index contributed by atoms with van der Waals surface area (Å²) in [6.45, 7) is 8.64. The van der Waals surface area contributed by atoms with Crippen LogP contribution in [0.4, 0.5) is 0 Å². The van der Waals surface area contributed by atoms with Crippen LogP contribution >= 0.6 is 0 Å². The summed E-state index contributed by atoms with van der Waals surface area (Å²) in [5, 5.41) is 3.31. The first kappa shape index (κ1) is 12.0. The molecule has 1 aromatic heterocycles. The highest BCUT2D eigenvalue weighted by Crippen LogP contribution is 2.06. The fourth-order valence-corrected chi connectivity index (χ4v) is 1.38. The second-order valence-electron chi connectivity index (χ2n) is 3.84. The number of nitrogens with one attached hydrogen (secondary N) is 1. The third-order valence-electron chi connectivity index (χ3n) is 2.49. The Bertz CT molecular complexity index is 269. The molecule has 0 aromatic carbocycles. The predicted octanol–water partition coefficient (Wildman–Crippen LogP) is 1.88. The van der Waals surface area contributed by atoms with Crippen molar-refractivity contribution in [2.24, 2.45) is 0 Å². The molecule has 1 heterocycles. The molecule has 3 nitrogen and oxygen atoms in total. The number of furan rings is 1. The minimum atomic E-state index is 0.500. The Hall–Kier alpha value is -1.06. The lowest BCUT2D eigenvalue weighted by Gasteiger charge is -2.24. The molecule has 0 aliphatic carbocycles. The monoisotopic (exact) mass is 208 g/mol. The molecule has 0 fully saturated rings. The van der Waals surface area contributed by atoms with Gasteiger partial charge in [0.1, 0.15) is 0 Å². The third kappa shape index (κ3) is 4.32. The summed E-state index contributed by atoms with van der Waals surface area (Å²) >= 11 is 0. The molecule has 1 rings (SSSR count). The smallest absolute Gasteiger partial charge is 0.0947 e. The van der Waals surface area contributed by atoms with Gasteiger partial charge >= 0.3 is 0 Å². The van der Waals surface area contributed by atoms with Gasteiger partial charge in [-0.25, -0.2) is 0 Å². The predicted molar refractivity (Wildman–Crippen MR) is 62.7 cm³/mol. The molecule has 0 spiro atoms. The van der Waals surface area contributed by atoms with E-state index in [1.165, 1.54) is 5.56 Å². The van der Waals surface area contributed by atoms with E-state index in [0.29, 0.717) is 6.04 Å². The Kier molecular flexibility index (Phi) is 5.15. The van der Waals surface area contributed by atoms with Crippen LogP contribution < -0.4 is 5.32 Å². The standard InChI is InChI=1S/C12H20N2O/c1-4-6-13-8-11(2)14(3)9-12-5-7-15-10-12/h4-5,7,10-11,13H,1,6,8-9H2,2-3H3. The van der Waals surface area contributed by atoms with Gasteiger partial charge in [-0.3, -0.25) is 4.90 Å². The molecule has 84 valence electrons. The van der Waals surface area contributed by atoms with E-state index < -0.39 is 0 Å². The third-order valence-corrected chi connectivity index (χ3v) is 2.49. The number of rotatable bonds is 7. The van der Waals surface area contributed by atoms with Gasteiger partial charge in [-0.2, -0.15) is 0 Å². The summed E-state index contributed by atoms with van der Waals surface area (Å²) in [6.07, 6.45) is 5.38. The topological polar surface area (TPSA) is 28.4 Å². The zero-order valence-corrected chi connectivity index (χ0v) is 9.57. The molecule has 0 saturated carbocycles. The van der Waals surface area contributed by atoms with Crippen molar-refractivity contribution in [2.45, 2.75) is 19.5 Å². The van der Waals surface area contributed by atoms with Gasteiger partial charge in [0, 0.05) is 31.2 Å². The van der Waals surface area contributed by atoms with Crippen LogP contribution in [-0.2, 0) is 6.54 Å². The summed E-state index contributed by atoms with van der Waals surface area (Å²) in [7, 11) is 2.12. The maximum atomic E-state index is 5.04. The van der Waals surface area contributed by atoms with Crippen LogP contribution in [0.2, 0.25) is 0 Å². The molecule has 0 amide bonds. The van der Waals surface area contributed by atoms with Crippen LogP contribution in [0, 0.1) is 0 Å². The Balaban J connectivity index is 2.26. The molecular weight excluding hydrogens is 188 g/mol. The van der Waals surface area contributed by atoms with Crippen molar-refractivity contribution >= 4 is 0 Å². The molecule has 0 bridgehead atoms. The SMILES string of the molecule is C=CCNCC(C)N(C)Cc1ccoc1. The van der Waals surface area contributed by atoms with Crippen molar-refractivity contribution in [3.8, 4) is 0 Å². The van der Waals surface area contributed by atoms with E-state index in [-0.39, 0.29) is 0 Å². The Morgan fingerprint density at radius 1 is 1.67 bits per heavy atom. The van der Waals surface area contributed by atoms with Gasteiger partial charge in [0.25, 0.3) is 0 Å². The average Bonchev–Trinajstić information content (AvgIpc) is 2.70. The van der Waals surface area contributed by atoms with Gasteiger partial charge in [-0.1, -0.05) is 6.08 Å². The van der Waals surface area contributed by atoms with Gasteiger partial charge in [-0.05, 0) is 20.0 Å². The van der Waals surface area contributed by atoms with Crippen LogP contribution in [0.5, 0.6) is 0 Å². The maximum Gasteiger partial charge on any atom is 0.0947 e. The average molecular weight is 208 g/mol. The van der Waals surface area contributed by atoms with E-state index >= 15 is 0 Å². The van der Waals surface area contributed by atoms with Gasteiger partial charge < -0.3 is 9.73 Å². The number of hydrogen-bond donors (Lipinski definition) is 1. The summed E-state index contributed by atoms with van der Waals surface area (Å²) in [4.78, 5) is 2.29. The van der Waals surface area contributed by atoms with Crippen LogP contribution in [0.25, 0.3) is 0 Å². The summed E-state index contributed by atoms with van der Waals surface area (Å²) in [5.41, 5.74) is 1.22. The molecule has 1 N–H and O–H groups in total. The quantitative estimate of drug-likeness (QED) is 0.548. The normalized spacial score (nSPS) is 13.0. The Morgan fingerprint density at radius 3 is 3.07 bits per heavy atom. The minimum absolute atomic E-state index is 0.500. The Morgan fingerprint density at radius 2 is 2.47 bits per heavy atom. The van der Waals surface area contributed by atoms with Crippen LogP contribution in [0.15, 0.2) is 35.7 Å². The number of likely N-dealkylation sites (N-methyl/N-ethyl adjacent to an activating group) is 1. The van der Waals surface area contributed by atoms with E-state index in [1.807, 2.05) is 12.1 Å². The molecule has 0 aliphatic rings. The fourth-order valence-electron chi connectivity index (χ4n) is 1.38. The highest BCUT2D eigenvalue weighted by atomic mass is 16.3. The van der Waals surface area contributed by atoms with Crippen LogP contribution in [0.1, 0.15) is 12.5 Å². The summed E-state index contributed by atoms with van der Waals surface area (Å²) < 4.78 is 5.04. The first-order valence-electron chi connectivity index (χ1n) is 5.27. The van der Waals surface area contributed by atoms with Crippen molar-refractivity contribution in [2.75, 3.05) is 20.1 Å². The highest BCUT2D eigenvalue weighted by molar-refractivity contribution is 5.04. The van der Waals surface area contributed by atoms with Gasteiger partial charge in [0.05, 0.1) is 12.5 Å². The minimum Gasteiger partial charge on any atom is -0.472 e. The van der Waals surface area contributed by atoms with Crippen LogP contribution in [0.3, 0.4) is 0 Å². The van der Waals surface area contributed by atoms with E-state index in [4.69, 9.17) is 4.42 Å². The fraction of sp³-hybridized carbons (Fsp3) is 0.500. The number of hydrogen-bond acceptors (Lipinski definition) is 3. The first-order chi connectivity index (χ1) is 7.24. The van der Waals surface area contributed by atoms with Gasteiger partial charge in [-0.15, -0.1) is 6.58 Å².